The first-order valence-electron chi connectivity index (χ1n) is 7.29. The van der Waals surface area contributed by atoms with Crippen molar-refractivity contribution in [3.8, 4) is 0 Å². The Bertz CT molecular complexity index is 179. The molecular weight excluding hydrogens is 212 g/mol. The van der Waals surface area contributed by atoms with Crippen LogP contribution in [-0.2, 0) is 4.74 Å². The summed E-state index contributed by atoms with van der Waals surface area (Å²) in [6.45, 7) is 4.57. The second-order valence-corrected chi connectivity index (χ2v) is 5.23. The molecule has 1 unspecified atom stereocenters. The fourth-order valence-corrected chi connectivity index (χ4v) is 2.73. The van der Waals surface area contributed by atoms with Crippen LogP contribution < -0.4 is 5.73 Å². The van der Waals surface area contributed by atoms with Gasteiger partial charge in [-0.25, -0.2) is 0 Å². The van der Waals surface area contributed by atoms with E-state index in [4.69, 9.17) is 10.5 Å². The number of rotatable bonds is 7. The van der Waals surface area contributed by atoms with Crippen LogP contribution in [-0.4, -0.2) is 43.8 Å². The highest BCUT2D eigenvalue weighted by Gasteiger charge is 2.17. The van der Waals surface area contributed by atoms with E-state index >= 15 is 0 Å². The molecule has 1 fully saturated rings. The van der Waals surface area contributed by atoms with Gasteiger partial charge in [0.2, 0.25) is 0 Å². The summed E-state index contributed by atoms with van der Waals surface area (Å²) in [5.41, 5.74) is 5.70. The molecule has 1 atom stereocenters. The zero-order valence-corrected chi connectivity index (χ0v) is 11.7. The lowest BCUT2D eigenvalue weighted by molar-refractivity contribution is 0.0521. The molecule has 0 radical (unpaired) electrons. The van der Waals surface area contributed by atoms with Crippen molar-refractivity contribution in [2.24, 2.45) is 5.73 Å². The van der Waals surface area contributed by atoms with Gasteiger partial charge in [0.25, 0.3) is 0 Å². The van der Waals surface area contributed by atoms with Gasteiger partial charge in [0.1, 0.15) is 0 Å². The van der Waals surface area contributed by atoms with Gasteiger partial charge in [-0.15, -0.1) is 0 Å². The van der Waals surface area contributed by atoms with Gasteiger partial charge in [0, 0.05) is 25.7 Å². The van der Waals surface area contributed by atoms with E-state index in [1.165, 1.54) is 38.5 Å². The Hall–Kier alpha value is -0.120. The Morgan fingerprint density at radius 2 is 1.88 bits per heavy atom. The average Bonchev–Trinajstić information content (AvgIpc) is 2.62. The van der Waals surface area contributed by atoms with E-state index in [9.17, 15) is 0 Å². The minimum Gasteiger partial charge on any atom is -0.377 e. The van der Waals surface area contributed by atoms with Gasteiger partial charge in [0.05, 0.1) is 6.10 Å². The predicted molar refractivity (Wildman–Crippen MR) is 73.2 cm³/mol. The maximum Gasteiger partial charge on any atom is 0.0709 e. The topological polar surface area (TPSA) is 38.5 Å². The lowest BCUT2D eigenvalue weighted by Gasteiger charge is -2.28. The molecule has 0 saturated heterocycles. The summed E-state index contributed by atoms with van der Waals surface area (Å²) in [7, 11) is 2.26. The molecular formula is C14H30N2O. The van der Waals surface area contributed by atoms with Gasteiger partial charge in [0.15, 0.2) is 0 Å². The van der Waals surface area contributed by atoms with Crippen LogP contribution in [0.15, 0.2) is 0 Å². The van der Waals surface area contributed by atoms with E-state index in [0.717, 1.165) is 25.6 Å². The van der Waals surface area contributed by atoms with Crippen molar-refractivity contribution in [3.63, 3.8) is 0 Å². The molecule has 3 nitrogen and oxygen atoms in total. The van der Waals surface area contributed by atoms with Crippen LogP contribution >= 0.6 is 0 Å². The SMILES string of the molecule is CCOC(CN)CCN(C)C1CCCCCC1. The lowest BCUT2D eigenvalue weighted by atomic mass is 10.1. The van der Waals surface area contributed by atoms with E-state index in [1.54, 1.807) is 0 Å². The standard InChI is InChI=1S/C14H30N2O/c1-3-17-14(12-15)10-11-16(2)13-8-6-4-5-7-9-13/h13-14H,3-12,15H2,1-2H3. The second kappa shape index (κ2) is 8.90. The van der Waals surface area contributed by atoms with Gasteiger partial charge < -0.3 is 15.4 Å². The molecule has 0 aromatic rings. The minimum absolute atomic E-state index is 0.244. The molecule has 0 spiro atoms. The van der Waals surface area contributed by atoms with E-state index in [0.29, 0.717) is 6.54 Å². The largest absolute Gasteiger partial charge is 0.377 e. The van der Waals surface area contributed by atoms with Crippen molar-refractivity contribution in [2.75, 3.05) is 26.7 Å². The van der Waals surface area contributed by atoms with E-state index in [2.05, 4.69) is 11.9 Å². The number of nitrogens with two attached hydrogens (primary N) is 1. The van der Waals surface area contributed by atoms with E-state index in [-0.39, 0.29) is 6.10 Å². The Kier molecular flexibility index (Phi) is 7.82. The molecule has 0 aromatic heterocycles. The molecule has 1 aliphatic carbocycles. The first kappa shape index (κ1) is 14.9. The predicted octanol–water partition coefficient (Wildman–Crippen LogP) is 2.39. The highest BCUT2D eigenvalue weighted by molar-refractivity contribution is 4.73. The molecule has 1 rings (SSSR count). The number of hydrogen-bond donors (Lipinski definition) is 1. The zero-order chi connectivity index (χ0) is 12.5. The normalized spacial score (nSPS) is 20.5. The molecule has 0 aliphatic heterocycles. The summed E-state index contributed by atoms with van der Waals surface area (Å²) in [6, 6.07) is 0.789. The third-order valence-electron chi connectivity index (χ3n) is 3.92. The highest BCUT2D eigenvalue weighted by atomic mass is 16.5. The van der Waals surface area contributed by atoms with E-state index < -0.39 is 0 Å². The summed E-state index contributed by atoms with van der Waals surface area (Å²) in [5.74, 6) is 0. The van der Waals surface area contributed by atoms with Crippen molar-refractivity contribution < 1.29 is 4.74 Å². The summed E-state index contributed by atoms with van der Waals surface area (Å²) >= 11 is 0. The molecule has 0 aromatic carbocycles. The Labute approximate surface area is 107 Å². The quantitative estimate of drug-likeness (QED) is 0.697. The van der Waals surface area contributed by atoms with Crippen molar-refractivity contribution in [2.45, 2.75) is 64.0 Å². The smallest absolute Gasteiger partial charge is 0.0709 e. The summed E-state index contributed by atoms with van der Waals surface area (Å²) < 4.78 is 5.60. The molecule has 17 heavy (non-hydrogen) atoms. The van der Waals surface area contributed by atoms with Gasteiger partial charge in [-0.1, -0.05) is 25.7 Å². The average molecular weight is 242 g/mol. The van der Waals surface area contributed by atoms with Crippen LogP contribution in [0.1, 0.15) is 51.9 Å². The molecule has 1 aliphatic rings. The maximum absolute atomic E-state index is 5.70. The van der Waals surface area contributed by atoms with Crippen LogP contribution in [0.25, 0.3) is 0 Å². The Morgan fingerprint density at radius 3 is 2.41 bits per heavy atom. The highest BCUT2D eigenvalue weighted by Crippen LogP contribution is 2.21. The third-order valence-corrected chi connectivity index (χ3v) is 3.92. The second-order valence-electron chi connectivity index (χ2n) is 5.23. The van der Waals surface area contributed by atoms with Crippen LogP contribution in [0, 0.1) is 0 Å². The van der Waals surface area contributed by atoms with Gasteiger partial charge >= 0.3 is 0 Å². The van der Waals surface area contributed by atoms with Gasteiger partial charge in [-0.3, -0.25) is 0 Å². The first-order chi connectivity index (χ1) is 8.27. The van der Waals surface area contributed by atoms with Gasteiger partial charge in [-0.05, 0) is 33.2 Å². The van der Waals surface area contributed by atoms with Crippen LogP contribution in [0.5, 0.6) is 0 Å². The fraction of sp³-hybridized carbons (Fsp3) is 1.00. The van der Waals surface area contributed by atoms with Crippen molar-refractivity contribution in [1.29, 1.82) is 0 Å². The van der Waals surface area contributed by atoms with Crippen molar-refractivity contribution in [1.82, 2.24) is 4.90 Å². The third kappa shape index (κ3) is 5.84. The van der Waals surface area contributed by atoms with Crippen molar-refractivity contribution in [3.05, 3.63) is 0 Å². The minimum atomic E-state index is 0.244. The Morgan fingerprint density at radius 1 is 1.24 bits per heavy atom. The summed E-state index contributed by atoms with van der Waals surface area (Å²) in [5, 5.41) is 0. The van der Waals surface area contributed by atoms with Crippen molar-refractivity contribution >= 4 is 0 Å². The van der Waals surface area contributed by atoms with Crippen LogP contribution in [0.3, 0.4) is 0 Å². The lowest BCUT2D eigenvalue weighted by Crippen LogP contribution is -2.35. The summed E-state index contributed by atoms with van der Waals surface area (Å²) in [6.07, 6.45) is 9.72. The molecule has 0 bridgehead atoms. The molecule has 0 heterocycles. The van der Waals surface area contributed by atoms with Crippen LogP contribution in [0.4, 0.5) is 0 Å². The number of hydrogen-bond acceptors (Lipinski definition) is 3. The van der Waals surface area contributed by atoms with Gasteiger partial charge in [-0.2, -0.15) is 0 Å². The zero-order valence-electron chi connectivity index (χ0n) is 11.7. The molecule has 102 valence electrons. The molecule has 0 amide bonds. The maximum atomic E-state index is 5.70. The van der Waals surface area contributed by atoms with E-state index in [1.807, 2.05) is 6.92 Å². The van der Waals surface area contributed by atoms with Crippen LogP contribution in [0.2, 0.25) is 0 Å². The first-order valence-corrected chi connectivity index (χ1v) is 7.29. The fourth-order valence-electron chi connectivity index (χ4n) is 2.73. The molecule has 2 N–H and O–H groups in total. The summed E-state index contributed by atoms with van der Waals surface area (Å²) in [4.78, 5) is 2.52. The monoisotopic (exact) mass is 242 g/mol. The molecule has 1 saturated carbocycles. The molecule has 3 heteroatoms. The number of ether oxygens (including phenoxy) is 1. The number of nitrogens with zero attached hydrogens (tertiary/aromatic N) is 1. The Balaban J connectivity index is 2.24.